The Kier molecular flexibility index (Phi) is 6.59. The van der Waals surface area contributed by atoms with E-state index in [2.05, 4.69) is 15.0 Å². The van der Waals surface area contributed by atoms with Crippen molar-refractivity contribution in [3.63, 3.8) is 0 Å². The summed E-state index contributed by atoms with van der Waals surface area (Å²) >= 11 is 5.81. The molecule has 0 bridgehead atoms. The third-order valence-corrected chi connectivity index (χ3v) is 7.21. The summed E-state index contributed by atoms with van der Waals surface area (Å²) in [6.45, 7) is 1.83. The van der Waals surface area contributed by atoms with Gasteiger partial charge in [-0.05, 0) is 79.3 Å². The molecule has 4 aromatic rings. The van der Waals surface area contributed by atoms with Gasteiger partial charge in [-0.2, -0.15) is 0 Å². The number of benzene rings is 2. The van der Waals surface area contributed by atoms with Crippen LogP contribution in [0.3, 0.4) is 0 Å². The van der Waals surface area contributed by atoms with E-state index in [4.69, 9.17) is 12.2 Å². The van der Waals surface area contributed by atoms with Gasteiger partial charge in [0, 0.05) is 41.6 Å². The van der Waals surface area contributed by atoms with Crippen LogP contribution in [0.4, 0.5) is 17.1 Å². The summed E-state index contributed by atoms with van der Waals surface area (Å²) in [4.78, 5) is 17.3. The number of anilines is 2. The van der Waals surface area contributed by atoms with E-state index in [1.54, 1.807) is 24.4 Å². The van der Waals surface area contributed by atoms with Gasteiger partial charge in [0.05, 0.1) is 28.6 Å². The molecular formula is C26H24N6O4S2. The van der Waals surface area contributed by atoms with E-state index < -0.39 is 14.9 Å². The molecule has 2 aromatic carbocycles. The molecule has 3 heterocycles. The highest BCUT2D eigenvalue weighted by Gasteiger charge is 2.42. The van der Waals surface area contributed by atoms with Crippen LogP contribution >= 0.6 is 12.2 Å². The number of non-ortho nitro benzene ring substituents is 1. The SMILES string of the molecule is Cc1cc(N2C(=S)NC(c3ccccn3)C2c2cccn2-c2ccc([N+](=O)[O-])cc2)ccc1NS(C)(=O)=O. The summed E-state index contributed by atoms with van der Waals surface area (Å²) in [5.41, 5.74) is 4.46. The lowest BCUT2D eigenvalue weighted by atomic mass is 10.0. The van der Waals surface area contributed by atoms with Crippen LogP contribution in [0.1, 0.15) is 29.0 Å². The predicted molar refractivity (Wildman–Crippen MR) is 150 cm³/mol. The minimum absolute atomic E-state index is 0.0115. The summed E-state index contributed by atoms with van der Waals surface area (Å²) in [7, 11) is -3.43. The number of pyridine rings is 1. The summed E-state index contributed by atoms with van der Waals surface area (Å²) in [5, 5.41) is 15.1. The fraction of sp³-hybridized carbons (Fsp3) is 0.154. The molecule has 1 aliphatic heterocycles. The van der Waals surface area contributed by atoms with Crippen LogP contribution < -0.4 is 14.9 Å². The van der Waals surface area contributed by atoms with Crippen molar-refractivity contribution in [2.75, 3.05) is 15.9 Å². The van der Waals surface area contributed by atoms with Crippen molar-refractivity contribution < 1.29 is 13.3 Å². The Balaban J connectivity index is 1.62. The van der Waals surface area contributed by atoms with E-state index in [1.807, 2.05) is 65.1 Å². The van der Waals surface area contributed by atoms with Gasteiger partial charge in [0.15, 0.2) is 5.11 Å². The van der Waals surface area contributed by atoms with Crippen molar-refractivity contribution in [1.82, 2.24) is 14.9 Å². The normalized spacial score (nSPS) is 17.3. The molecular weight excluding hydrogens is 524 g/mol. The fourth-order valence-electron chi connectivity index (χ4n) is 4.65. The number of hydrogen-bond donors (Lipinski definition) is 2. The fourth-order valence-corrected chi connectivity index (χ4v) is 5.63. The minimum atomic E-state index is -3.43. The van der Waals surface area contributed by atoms with Gasteiger partial charge in [-0.3, -0.25) is 19.8 Å². The van der Waals surface area contributed by atoms with E-state index >= 15 is 0 Å². The van der Waals surface area contributed by atoms with Crippen molar-refractivity contribution in [3.05, 3.63) is 112 Å². The van der Waals surface area contributed by atoms with Crippen LogP contribution in [-0.2, 0) is 10.0 Å². The van der Waals surface area contributed by atoms with Crippen molar-refractivity contribution in [1.29, 1.82) is 0 Å². The van der Waals surface area contributed by atoms with E-state index in [0.717, 1.165) is 34.6 Å². The zero-order chi connectivity index (χ0) is 27.0. The van der Waals surface area contributed by atoms with Crippen LogP contribution in [0, 0.1) is 17.0 Å². The Morgan fingerprint density at radius 2 is 1.79 bits per heavy atom. The number of rotatable bonds is 7. The molecule has 0 aliphatic carbocycles. The van der Waals surface area contributed by atoms with Gasteiger partial charge in [0.25, 0.3) is 5.69 Å². The Hall–Kier alpha value is -4.29. The lowest BCUT2D eigenvalue weighted by Gasteiger charge is -2.29. The third kappa shape index (κ3) is 4.95. The zero-order valence-corrected chi connectivity index (χ0v) is 22.1. The molecule has 0 saturated carbocycles. The van der Waals surface area contributed by atoms with Gasteiger partial charge in [-0.25, -0.2) is 8.42 Å². The molecule has 10 nitrogen and oxygen atoms in total. The summed E-state index contributed by atoms with van der Waals surface area (Å²) in [6.07, 6.45) is 4.74. The predicted octanol–water partition coefficient (Wildman–Crippen LogP) is 4.64. The van der Waals surface area contributed by atoms with Crippen molar-refractivity contribution in [2.24, 2.45) is 0 Å². The van der Waals surface area contributed by atoms with Gasteiger partial charge in [0.2, 0.25) is 10.0 Å². The van der Waals surface area contributed by atoms with E-state index in [-0.39, 0.29) is 17.8 Å². The Bertz CT molecular complexity index is 1620. The number of nitrogens with one attached hydrogen (secondary N) is 2. The summed E-state index contributed by atoms with van der Waals surface area (Å²) < 4.78 is 28.1. The highest BCUT2D eigenvalue weighted by molar-refractivity contribution is 7.92. The Morgan fingerprint density at radius 1 is 1.05 bits per heavy atom. The van der Waals surface area contributed by atoms with Crippen molar-refractivity contribution in [3.8, 4) is 5.69 Å². The monoisotopic (exact) mass is 548 g/mol. The number of hydrogen-bond acceptors (Lipinski definition) is 6. The first-order chi connectivity index (χ1) is 18.1. The molecule has 1 fully saturated rings. The zero-order valence-electron chi connectivity index (χ0n) is 20.5. The molecule has 1 aliphatic rings. The second-order valence-electron chi connectivity index (χ2n) is 8.95. The highest BCUT2D eigenvalue weighted by atomic mass is 32.2. The maximum atomic E-state index is 11.8. The lowest BCUT2D eigenvalue weighted by molar-refractivity contribution is -0.384. The first-order valence-corrected chi connectivity index (χ1v) is 13.9. The van der Waals surface area contributed by atoms with Crippen LogP contribution in [0.15, 0.2) is 85.2 Å². The summed E-state index contributed by atoms with van der Waals surface area (Å²) in [5.74, 6) is 0. The molecule has 2 N–H and O–H groups in total. The third-order valence-electron chi connectivity index (χ3n) is 6.30. The van der Waals surface area contributed by atoms with E-state index in [0.29, 0.717) is 10.8 Å². The number of aromatic nitrogens is 2. The summed E-state index contributed by atoms with van der Waals surface area (Å²) in [6, 6.07) is 20.7. The van der Waals surface area contributed by atoms with Crippen LogP contribution in [0.25, 0.3) is 5.69 Å². The Labute approximate surface area is 225 Å². The van der Waals surface area contributed by atoms with Gasteiger partial charge < -0.3 is 14.8 Å². The van der Waals surface area contributed by atoms with Crippen LogP contribution in [0.5, 0.6) is 0 Å². The molecule has 0 amide bonds. The smallest absolute Gasteiger partial charge is 0.269 e. The number of thiocarbonyl (C=S) groups is 1. The minimum Gasteiger partial charge on any atom is -0.351 e. The molecule has 2 atom stereocenters. The van der Waals surface area contributed by atoms with Crippen molar-refractivity contribution >= 4 is 44.4 Å². The number of nitrogens with zero attached hydrogens (tertiary/aromatic N) is 4. The second kappa shape index (κ2) is 9.88. The Morgan fingerprint density at radius 3 is 2.42 bits per heavy atom. The standard InChI is InChI=1S/C26H24N6O4S2/c1-17-16-20(12-13-21(17)29-38(2,35)36)31-25(24(28-26(31)37)22-6-3-4-14-27-22)23-7-5-15-30(23)18-8-10-19(11-9-18)32(33)34/h3-16,24-25,29H,1-2H3,(H,28,37). The van der Waals surface area contributed by atoms with Crippen LogP contribution in [0.2, 0.25) is 0 Å². The largest absolute Gasteiger partial charge is 0.351 e. The molecule has 38 heavy (non-hydrogen) atoms. The lowest BCUT2D eigenvalue weighted by Crippen LogP contribution is -2.30. The number of nitro benzene ring substituents is 1. The number of aryl methyl sites for hydroxylation is 1. The first-order valence-electron chi connectivity index (χ1n) is 11.6. The molecule has 1 saturated heterocycles. The molecule has 2 aromatic heterocycles. The topological polar surface area (TPSA) is 122 Å². The molecule has 194 valence electrons. The maximum absolute atomic E-state index is 11.8. The average molecular weight is 549 g/mol. The van der Waals surface area contributed by atoms with E-state index in [9.17, 15) is 18.5 Å². The number of sulfonamides is 1. The van der Waals surface area contributed by atoms with Gasteiger partial charge in [-0.15, -0.1) is 0 Å². The first kappa shape index (κ1) is 25.4. The van der Waals surface area contributed by atoms with Gasteiger partial charge >= 0.3 is 0 Å². The molecule has 0 spiro atoms. The van der Waals surface area contributed by atoms with Crippen molar-refractivity contribution in [2.45, 2.75) is 19.0 Å². The molecule has 12 heteroatoms. The maximum Gasteiger partial charge on any atom is 0.269 e. The van der Waals surface area contributed by atoms with Gasteiger partial charge in [0.1, 0.15) is 6.04 Å². The van der Waals surface area contributed by atoms with Gasteiger partial charge in [-0.1, -0.05) is 6.07 Å². The molecule has 0 radical (unpaired) electrons. The second-order valence-corrected chi connectivity index (χ2v) is 11.1. The number of nitro groups is 1. The molecule has 5 rings (SSSR count). The van der Waals surface area contributed by atoms with Crippen LogP contribution in [-0.4, -0.2) is 34.3 Å². The quantitative estimate of drug-likeness (QED) is 0.195. The highest BCUT2D eigenvalue weighted by Crippen LogP contribution is 2.43. The average Bonchev–Trinajstić information content (AvgIpc) is 3.49. The van der Waals surface area contributed by atoms with E-state index in [1.165, 1.54) is 12.1 Å². The molecule has 2 unspecified atom stereocenters.